The fraction of sp³-hybridized carbons (Fsp3) is 0.500. The summed E-state index contributed by atoms with van der Waals surface area (Å²) in [5.74, 6) is 0.975. The Morgan fingerprint density at radius 3 is 2.67 bits per heavy atom. The van der Waals surface area contributed by atoms with Crippen LogP contribution in [0.2, 0.25) is 0 Å². The van der Waals surface area contributed by atoms with Crippen molar-refractivity contribution in [2.75, 3.05) is 12.8 Å². The molecule has 0 spiro atoms. The Labute approximate surface area is 108 Å². The number of hydrogen-bond acceptors (Lipinski definition) is 3. The number of anilines is 1. The number of amides is 1. The van der Waals surface area contributed by atoms with Gasteiger partial charge in [0.15, 0.2) is 0 Å². The number of rotatable bonds is 4. The number of benzene rings is 1. The molecule has 0 aromatic heterocycles. The third-order valence-corrected chi connectivity index (χ3v) is 3.56. The molecule has 1 aromatic rings. The number of para-hydroxylation sites is 1. The molecule has 0 bridgehead atoms. The molecular weight excluding hydrogens is 228 g/mol. The fourth-order valence-electron chi connectivity index (χ4n) is 2.19. The van der Waals surface area contributed by atoms with E-state index in [0.29, 0.717) is 22.9 Å². The van der Waals surface area contributed by atoms with Gasteiger partial charge >= 0.3 is 0 Å². The van der Waals surface area contributed by atoms with Crippen LogP contribution in [-0.4, -0.2) is 18.6 Å². The molecule has 1 aliphatic rings. The number of methoxy groups -OCH3 is 1. The molecule has 0 unspecified atom stereocenters. The molecular formula is C14H20N2O2. The molecule has 0 heterocycles. The van der Waals surface area contributed by atoms with Gasteiger partial charge in [0.25, 0.3) is 5.91 Å². The van der Waals surface area contributed by atoms with Crippen molar-refractivity contribution in [3.8, 4) is 5.75 Å². The van der Waals surface area contributed by atoms with Crippen LogP contribution in [0.4, 0.5) is 5.69 Å². The van der Waals surface area contributed by atoms with Gasteiger partial charge in [-0.05, 0) is 44.7 Å². The molecule has 1 saturated carbocycles. The van der Waals surface area contributed by atoms with Crippen LogP contribution in [0.3, 0.4) is 0 Å². The summed E-state index contributed by atoms with van der Waals surface area (Å²) in [6, 6.07) is 5.24. The standard InChI is InChI=1S/C14H20N2O2/c1-14(2,9-7-8-9)16-13(17)10-5-4-6-11(18-3)12(10)15/h4-6,9H,7-8,15H2,1-3H3,(H,16,17). The number of nitrogens with one attached hydrogen (secondary N) is 1. The maximum absolute atomic E-state index is 12.2. The summed E-state index contributed by atoms with van der Waals surface area (Å²) in [7, 11) is 1.54. The lowest BCUT2D eigenvalue weighted by Gasteiger charge is -2.26. The second-order valence-corrected chi connectivity index (χ2v) is 5.37. The highest BCUT2D eigenvalue weighted by molar-refractivity contribution is 6.00. The molecule has 0 aliphatic heterocycles. The predicted octanol–water partition coefficient (Wildman–Crippen LogP) is 2.20. The lowest BCUT2D eigenvalue weighted by atomic mass is 9.98. The van der Waals surface area contributed by atoms with E-state index in [1.165, 1.54) is 12.8 Å². The lowest BCUT2D eigenvalue weighted by Crippen LogP contribution is -2.45. The SMILES string of the molecule is COc1cccc(C(=O)NC(C)(C)C2CC2)c1N. The van der Waals surface area contributed by atoms with Crippen LogP contribution < -0.4 is 15.8 Å². The van der Waals surface area contributed by atoms with Crippen LogP contribution in [-0.2, 0) is 0 Å². The van der Waals surface area contributed by atoms with Crippen molar-refractivity contribution in [2.45, 2.75) is 32.2 Å². The summed E-state index contributed by atoms with van der Waals surface area (Å²) in [6.45, 7) is 4.11. The molecule has 3 N–H and O–H groups in total. The fourth-order valence-corrected chi connectivity index (χ4v) is 2.19. The Bertz CT molecular complexity index is 465. The summed E-state index contributed by atoms with van der Waals surface area (Å²) in [4.78, 5) is 12.2. The van der Waals surface area contributed by atoms with Crippen molar-refractivity contribution >= 4 is 11.6 Å². The Balaban J connectivity index is 2.18. The third-order valence-electron chi connectivity index (χ3n) is 3.56. The smallest absolute Gasteiger partial charge is 0.253 e. The van der Waals surface area contributed by atoms with Gasteiger partial charge in [0.05, 0.1) is 18.4 Å². The van der Waals surface area contributed by atoms with Gasteiger partial charge in [0, 0.05) is 5.54 Å². The number of hydrogen-bond donors (Lipinski definition) is 2. The van der Waals surface area contributed by atoms with Crippen molar-refractivity contribution in [3.63, 3.8) is 0 Å². The summed E-state index contributed by atoms with van der Waals surface area (Å²) < 4.78 is 5.12. The van der Waals surface area contributed by atoms with Gasteiger partial charge in [-0.25, -0.2) is 0 Å². The van der Waals surface area contributed by atoms with E-state index >= 15 is 0 Å². The average molecular weight is 248 g/mol. The first kappa shape index (κ1) is 12.7. The highest BCUT2D eigenvalue weighted by Gasteiger charge is 2.39. The first-order chi connectivity index (χ1) is 8.45. The topological polar surface area (TPSA) is 64.3 Å². The maximum atomic E-state index is 12.2. The largest absolute Gasteiger partial charge is 0.495 e. The normalized spacial score (nSPS) is 15.3. The number of carbonyl (C=O) groups excluding carboxylic acids is 1. The van der Waals surface area contributed by atoms with E-state index in [-0.39, 0.29) is 11.4 Å². The molecule has 18 heavy (non-hydrogen) atoms. The van der Waals surface area contributed by atoms with E-state index in [2.05, 4.69) is 19.2 Å². The van der Waals surface area contributed by atoms with E-state index in [1.54, 1.807) is 25.3 Å². The van der Waals surface area contributed by atoms with Gasteiger partial charge in [0.1, 0.15) is 5.75 Å². The van der Waals surface area contributed by atoms with Crippen LogP contribution in [0.25, 0.3) is 0 Å². The quantitative estimate of drug-likeness (QED) is 0.803. The van der Waals surface area contributed by atoms with Gasteiger partial charge in [0.2, 0.25) is 0 Å². The molecule has 98 valence electrons. The van der Waals surface area contributed by atoms with Crippen LogP contribution in [0, 0.1) is 5.92 Å². The highest BCUT2D eigenvalue weighted by atomic mass is 16.5. The molecule has 4 nitrogen and oxygen atoms in total. The first-order valence-electron chi connectivity index (χ1n) is 6.20. The van der Waals surface area contributed by atoms with Crippen molar-refractivity contribution in [1.82, 2.24) is 5.32 Å². The predicted molar refractivity (Wildman–Crippen MR) is 71.7 cm³/mol. The van der Waals surface area contributed by atoms with Crippen molar-refractivity contribution in [3.05, 3.63) is 23.8 Å². The zero-order valence-corrected chi connectivity index (χ0v) is 11.1. The van der Waals surface area contributed by atoms with E-state index in [9.17, 15) is 4.79 Å². The number of ether oxygens (including phenoxy) is 1. The summed E-state index contributed by atoms with van der Waals surface area (Å²) >= 11 is 0. The molecule has 1 aromatic carbocycles. The van der Waals surface area contributed by atoms with Crippen molar-refractivity contribution in [2.24, 2.45) is 5.92 Å². The van der Waals surface area contributed by atoms with E-state index in [4.69, 9.17) is 10.5 Å². The zero-order chi connectivity index (χ0) is 13.3. The Kier molecular flexibility index (Phi) is 3.20. The minimum absolute atomic E-state index is 0.136. The van der Waals surface area contributed by atoms with Crippen LogP contribution >= 0.6 is 0 Å². The molecule has 1 fully saturated rings. The van der Waals surface area contributed by atoms with Crippen LogP contribution in [0.15, 0.2) is 18.2 Å². The second kappa shape index (κ2) is 4.52. The minimum Gasteiger partial charge on any atom is -0.495 e. The van der Waals surface area contributed by atoms with Crippen molar-refractivity contribution < 1.29 is 9.53 Å². The zero-order valence-electron chi connectivity index (χ0n) is 11.1. The molecule has 1 aliphatic carbocycles. The van der Waals surface area contributed by atoms with E-state index in [0.717, 1.165) is 0 Å². The summed E-state index contributed by atoms with van der Waals surface area (Å²) in [6.07, 6.45) is 2.36. The van der Waals surface area contributed by atoms with Crippen molar-refractivity contribution in [1.29, 1.82) is 0 Å². The monoisotopic (exact) mass is 248 g/mol. The Morgan fingerprint density at radius 1 is 1.44 bits per heavy atom. The van der Waals surface area contributed by atoms with Gasteiger partial charge in [-0.15, -0.1) is 0 Å². The molecule has 0 atom stereocenters. The number of carbonyl (C=O) groups is 1. The highest BCUT2D eigenvalue weighted by Crippen LogP contribution is 2.39. The number of nitrogens with two attached hydrogens (primary N) is 1. The molecule has 2 rings (SSSR count). The summed E-state index contributed by atoms with van der Waals surface area (Å²) in [5, 5.41) is 3.05. The second-order valence-electron chi connectivity index (χ2n) is 5.37. The summed E-state index contributed by atoms with van der Waals surface area (Å²) in [5.41, 5.74) is 6.61. The van der Waals surface area contributed by atoms with Gasteiger partial charge in [-0.2, -0.15) is 0 Å². The Morgan fingerprint density at radius 2 is 2.11 bits per heavy atom. The van der Waals surface area contributed by atoms with Gasteiger partial charge < -0.3 is 15.8 Å². The van der Waals surface area contributed by atoms with E-state index in [1.807, 2.05) is 0 Å². The minimum atomic E-state index is -0.174. The number of nitrogen functional groups attached to an aromatic ring is 1. The Hall–Kier alpha value is -1.71. The molecule has 1 amide bonds. The average Bonchev–Trinajstić information content (AvgIpc) is 3.12. The van der Waals surface area contributed by atoms with Crippen LogP contribution in [0.1, 0.15) is 37.0 Å². The molecule has 0 saturated heterocycles. The molecule has 0 radical (unpaired) electrons. The molecule has 4 heteroatoms. The lowest BCUT2D eigenvalue weighted by molar-refractivity contribution is 0.0904. The van der Waals surface area contributed by atoms with Gasteiger partial charge in [-0.1, -0.05) is 6.07 Å². The van der Waals surface area contributed by atoms with E-state index < -0.39 is 0 Å². The van der Waals surface area contributed by atoms with Gasteiger partial charge in [-0.3, -0.25) is 4.79 Å². The third kappa shape index (κ3) is 2.42. The van der Waals surface area contributed by atoms with Crippen LogP contribution in [0.5, 0.6) is 5.75 Å². The maximum Gasteiger partial charge on any atom is 0.253 e. The first-order valence-corrected chi connectivity index (χ1v) is 6.20.